The van der Waals surface area contributed by atoms with Gasteiger partial charge in [-0.15, -0.1) is 0 Å². The predicted molar refractivity (Wildman–Crippen MR) is 105 cm³/mol. The molecule has 1 aliphatic carbocycles. The van der Waals surface area contributed by atoms with Crippen LogP contribution in [0, 0.1) is 11.3 Å². The van der Waals surface area contributed by atoms with Gasteiger partial charge in [0.05, 0.1) is 16.4 Å². The van der Waals surface area contributed by atoms with Gasteiger partial charge in [-0.1, -0.05) is 12.8 Å². The van der Waals surface area contributed by atoms with Crippen molar-refractivity contribution < 1.29 is 14.7 Å². The molecule has 3 heterocycles. The molecule has 7 nitrogen and oxygen atoms in total. The van der Waals surface area contributed by atoms with Crippen LogP contribution in [0.3, 0.4) is 0 Å². The summed E-state index contributed by atoms with van der Waals surface area (Å²) in [6, 6.07) is 5.67. The molecule has 28 heavy (non-hydrogen) atoms. The number of amides is 2. The maximum Gasteiger partial charge on any atom is 0.321 e. The first-order valence-electron chi connectivity index (χ1n) is 10.4. The Bertz CT molecular complexity index is 953. The van der Waals surface area contributed by atoms with Gasteiger partial charge < -0.3 is 19.9 Å². The predicted octanol–water partition coefficient (Wildman–Crippen LogP) is 3.48. The Morgan fingerprint density at radius 1 is 1.21 bits per heavy atom. The van der Waals surface area contributed by atoms with Crippen LogP contribution >= 0.6 is 0 Å². The topological polar surface area (TPSA) is 87.5 Å². The van der Waals surface area contributed by atoms with E-state index in [1.165, 1.54) is 19.3 Å². The van der Waals surface area contributed by atoms with Gasteiger partial charge >= 0.3 is 12.0 Å². The summed E-state index contributed by atoms with van der Waals surface area (Å²) in [4.78, 5) is 31.1. The molecule has 2 atom stereocenters. The Morgan fingerprint density at radius 2 is 2.11 bits per heavy atom. The van der Waals surface area contributed by atoms with Crippen LogP contribution in [0.15, 0.2) is 18.2 Å². The van der Waals surface area contributed by atoms with Crippen molar-refractivity contribution in [1.29, 1.82) is 0 Å². The summed E-state index contributed by atoms with van der Waals surface area (Å²) in [5.74, 6) is 0.444. The monoisotopic (exact) mass is 382 g/mol. The number of aliphatic carboxylic acids is 1. The minimum absolute atomic E-state index is 0.0713. The SMILES string of the molecule is O=C(Nc1ccc2c(c1)nc1n2CCCCC1)N1C[C@@H]2CCC[C@@]2(C(=O)O)C1. The van der Waals surface area contributed by atoms with E-state index in [2.05, 4.69) is 9.88 Å². The third-order valence-corrected chi connectivity index (χ3v) is 6.94. The zero-order chi connectivity index (χ0) is 19.3. The molecule has 148 valence electrons. The van der Waals surface area contributed by atoms with E-state index < -0.39 is 11.4 Å². The number of fused-ring (bicyclic) bond motifs is 4. The largest absolute Gasteiger partial charge is 0.481 e. The molecule has 0 spiro atoms. The van der Waals surface area contributed by atoms with E-state index in [0.29, 0.717) is 25.2 Å². The molecule has 2 aliphatic heterocycles. The van der Waals surface area contributed by atoms with Gasteiger partial charge in [0.25, 0.3) is 0 Å². The molecule has 2 fully saturated rings. The number of benzene rings is 1. The lowest BCUT2D eigenvalue weighted by Gasteiger charge is -2.23. The van der Waals surface area contributed by atoms with Crippen molar-refractivity contribution in [1.82, 2.24) is 14.5 Å². The maximum absolute atomic E-state index is 12.8. The van der Waals surface area contributed by atoms with E-state index in [4.69, 9.17) is 4.98 Å². The maximum atomic E-state index is 12.8. The Balaban J connectivity index is 1.34. The second-order valence-corrected chi connectivity index (χ2v) is 8.55. The lowest BCUT2D eigenvalue weighted by Crippen LogP contribution is -2.38. The molecule has 2 N–H and O–H groups in total. The van der Waals surface area contributed by atoms with E-state index >= 15 is 0 Å². The molecule has 1 aromatic heterocycles. The normalized spacial score (nSPS) is 26.7. The fourth-order valence-electron chi connectivity index (χ4n) is 5.42. The van der Waals surface area contributed by atoms with Gasteiger partial charge in [-0.05, 0) is 49.8 Å². The molecule has 0 unspecified atom stereocenters. The van der Waals surface area contributed by atoms with E-state index in [1.54, 1.807) is 4.90 Å². The van der Waals surface area contributed by atoms with Gasteiger partial charge in [0, 0.05) is 31.7 Å². The summed E-state index contributed by atoms with van der Waals surface area (Å²) in [6.45, 7) is 1.84. The summed E-state index contributed by atoms with van der Waals surface area (Å²) >= 11 is 0. The molecule has 2 aromatic rings. The number of carbonyl (C=O) groups excluding carboxylic acids is 1. The van der Waals surface area contributed by atoms with Gasteiger partial charge in [-0.3, -0.25) is 4.79 Å². The Morgan fingerprint density at radius 3 is 2.93 bits per heavy atom. The lowest BCUT2D eigenvalue weighted by molar-refractivity contribution is -0.149. The number of hydrogen-bond acceptors (Lipinski definition) is 3. The molecular formula is C21H26N4O3. The van der Waals surface area contributed by atoms with Crippen LogP contribution in [-0.4, -0.2) is 44.6 Å². The van der Waals surface area contributed by atoms with Gasteiger partial charge in [0.2, 0.25) is 0 Å². The van der Waals surface area contributed by atoms with Crippen LogP contribution in [0.4, 0.5) is 10.5 Å². The highest BCUT2D eigenvalue weighted by molar-refractivity contribution is 5.93. The lowest BCUT2D eigenvalue weighted by atomic mass is 9.81. The highest BCUT2D eigenvalue weighted by Gasteiger charge is 2.55. The highest BCUT2D eigenvalue weighted by Crippen LogP contribution is 2.49. The van der Waals surface area contributed by atoms with Crippen molar-refractivity contribution in [3.05, 3.63) is 24.0 Å². The smallest absolute Gasteiger partial charge is 0.321 e. The van der Waals surface area contributed by atoms with Crippen LogP contribution in [0.1, 0.15) is 44.3 Å². The number of nitrogens with one attached hydrogen (secondary N) is 1. The van der Waals surface area contributed by atoms with E-state index in [0.717, 1.165) is 42.7 Å². The number of rotatable bonds is 2. The standard InChI is InChI=1S/C21H26N4O3/c26-19(27)21-9-4-5-14(21)12-24(13-21)20(28)22-15-7-8-17-16(11-15)23-18-6-2-1-3-10-25(17)18/h7-8,11,14H,1-6,9-10,12-13H2,(H,22,28)(H,26,27)/t14-,21+/m0/s1. The van der Waals surface area contributed by atoms with E-state index in [9.17, 15) is 14.7 Å². The van der Waals surface area contributed by atoms with Crippen LogP contribution in [0.5, 0.6) is 0 Å². The third-order valence-electron chi connectivity index (χ3n) is 6.94. The number of carboxylic acid groups (broad SMARTS) is 1. The number of aromatic nitrogens is 2. The fraction of sp³-hybridized carbons (Fsp3) is 0.571. The van der Waals surface area contributed by atoms with E-state index in [-0.39, 0.29) is 11.9 Å². The minimum atomic E-state index is -0.758. The van der Waals surface area contributed by atoms with Crippen molar-refractivity contribution in [2.24, 2.45) is 11.3 Å². The first-order valence-corrected chi connectivity index (χ1v) is 10.4. The van der Waals surface area contributed by atoms with Crippen LogP contribution < -0.4 is 5.32 Å². The average Bonchev–Trinajstić information content (AvgIpc) is 3.27. The van der Waals surface area contributed by atoms with Crippen molar-refractivity contribution >= 4 is 28.7 Å². The number of likely N-dealkylation sites (tertiary alicyclic amines) is 1. The number of nitrogens with zero attached hydrogens (tertiary/aromatic N) is 3. The number of hydrogen-bond donors (Lipinski definition) is 2. The van der Waals surface area contributed by atoms with E-state index in [1.807, 2.05) is 18.2 Å². The molecule has 1 saturated heterocycles. The second kappa shape index (κ2) is 6.50. The Hall–Kier alpha value is -2.57. The zero-order valence-electron chi connectivity index (χ0n) is 16.0. The molecule has 7 heteroatoms. The molecule has 1 saturated carbocycles. The molecule has 2 amide bonds. The Labute approximate surface area is 163 Å². The average molecular weight is 382 g/mol. The summed E-state index contributed by atoms with van der Waals surface area (Å²) in [5.41, 5.74) is 2.00. The summed E-state index contributed by atoms with van der Waals surface area (Å²) in [5, 5.41) is 12.7. The molecule has 0 radical (unpaired) electrons. The van der Waals surface area contributed by atoms with Crippen molar-refractivity contribution in [3.8, 4) is 0 Å². The molecule has 3 aliphatic rings. The summed E-state index contributed by atoms with van der Waals surface area (Å²) < 4.78 is 2.30. The van der Waals surface area contributed by atoms with Gasteiger partial charge in [0.15, 0.2) is 0 Å². The zero-order valence-corrected chi connectivity index (χ0v) is 16.0. The van der Waals surface area contributed by atoms with Crippen LogP contribution in [0.2, 0.25) is 0 Å². The second-order valence-electron chi connectivity index (χ2n) is 8.55. The van der Waals surface area contributed by atoms with Crippen LogP contribution in [-0.2, 0) is 17.8 Å². The van der Waals surface area contributed by atoms with Gasteiger partial charge in [-0.25, -0.2) is 9.78 Å². The van der Waals surface area contributed by atoms with Crippen molar-refractivity contribution in [2.45, 2.75) is 51.5 Å². The third kappa shape index (κ3) is 2.67. The first kappa shape index (κ1) is 17.5. The summed E-state index contributed by atoms with van der Waals surface area (Å²) in [7, 11) is 0. The molecule has 0 bridgehead atoms. The highest BCUT2D eigenvalue weighted by atomic mass is 16.4. The molecular weight excluding hydrogens is 356 g/mol. The number of carbonyl (C=O) groups is 2. The number of anilines is 1. The van der Waals surface area contributed by atoms with Gasteiger partial charge in [-0.2, -0.15) is 0 Å². The Kier molecular flexibility index (Phi) is 4.07. The van der Waals surface area contributed by atoms with Crippen molar-refractivity contribution in [3.63, 3.8) is 0 Å². The van der Waals surface area contributed by atoms with Crippen molar-refractivity contribution in [2.75, 3.05) is 18.4 Å². The van der Waals surface area contributed by atoms with Gasteiger partial charge in [0.1, 0.15) is 5.82 Å². The quantitative estimate of drug-likeness (QED) is 0.832. The fourth-order valence-corrected chi connectivity index (χ4v) is 5.42. The number of carboxylic acids is 1. The van der Waals surface area contributed by atoms with Crippen LogP contribution in [0.25, 0.3) is 11.0 Å². The summed E-state index contributed by atoms with van der Waals surface area (Å²) in [6.07, 6.45) is 7.10. The number of aryl methyl sites for hydroxylation is 2. The number of imidazole rings is 1. The first-order chi connectivity index (χ1) is 13.6. The minimum Gasteiger partial charge on any atom is -0.481 e. The number of urea groups is 1. The molecule has 5 rings (SSSR count). The molecule has 1 aromatic carbocycles.